The predicted octanol–water partition coefficient (Wildman–Crippen LogP) is 6.84. The van der Waals surface area contributed by atoms with Gasteiger partial charge in [0, 0.05) is 34.5 Å². The van der Waals surface area contributed by atoms with Gasteiger partial charge in [-0.1, -0.05) is 55.7 Å². The van der Waals surface area contributed by atoms with Crippen molar-refractivity contribution in [2.24, 2.45) is 10.9 Å². The molecule has 0 unspecified atom stereocenters. The number of amides is 2. The molecule has 0 aliphatic heterocycles. The van der Waals surface area contributed by atoms with Gasteiger partial charge in [-0.15, -0.1) is 0 Å². The molecule has 44 heavy (non-hydrogen) atoms. The number of hydrogen-bond donors (Lipinski definition) is 3. The first-order valence-electron chi connectivity index (χ1n) is 15.5. The van der Waals surface area contributed by atoms with E-state index in [1.807, 2.05) is 36.4 Å². The first-order chi connectivity index (χ1) is 21.4. The fourth-order valence-corrected chi connectivity index (χ4v) is 5.84. The highest BCUT2D eigenvalue weighted by Gasteiger charge is 2.45. The first-order valence-corrected chi connectivity index (χ1v) is 15.5. The number of carbonyl (C=O) groups is 3. The van der Waals surface area contributed by atoms with Crippen molar-refractivity contribution in [2.45, 2.75) is 63.8 Å². The van der Waals surface area contributed by atoms with Crippen LogP contribution in [0.25, 0.3) is 6.08 Å². The van der Waals surface area contributed by atoms with Crippen molar-refractivity contribution in [3.63, 3.8) is 0 Å². The number of para-hydroxylation sites is 1. The largest absolute Gasteiger partial charge is 0.463 e. The van der Waals surface area contributed by atoms with E-state index in [2.05, 4.69) is 10.6 Å². The van der Waals surface area contributed by atoms with Gasteiger partial charge in [0.2, 0.25) is 5.91 Å². The van der Waals surface area contributed by atoms with Crippen molar-refractivity contribution in [3.8, 4) is 0 Å². The van der Waals surface area contributed by atoms with Crippen molar-refractivity contribution in [2.75, 3.05) is 17.7 Å². The van der Waals surface area contributed by atoms with Crippen LogP contribution in [0, 0.1) is 5.92 Å². The van der Waals surface area contributed by atoms with Gasteiger partial charge in [-0.25, -0.2) is 4.79 Å². The van der Waals surface area contributed by atoms with E-state index in [4.69, 9.17) is 15.5 Å². The Morgan fingerprint density at radius 1 is 0.955 bits per heavy atom. The molecular formula is C36H40N4O4. The molecule has 2 aliphatic carbocycles. The summed E-state index contributed by atoms with van der Waals surface area (Å²) in [4.78, 5) is 43.4. The van der Waals surface area contributed by atoms with E-state index in [1.54, 1.807) is 49.4 Å². The first kappa shape index (κ1) is 30.7. The van der Waals surface area contributed by atoms with Crippen LogP contribution in [0.2, 0.25) is 0 Å². The van der Waals surface area contributed by atoms with Crippen LogP contribution in [0.4, 0.5) is 17.1 Å². The summed E-state index contributed by atoms with van der Waals surface area (Å²) in [6, 6.07) is 22.4. The van der Waals surface area contributed by atoms with Gasteiger partial charge in [0.15, 0.2) is 0 Å². The molecule has 8 heteroatoms. The minimum atomic E-state index is -0.991. The molecule has 4 N–H and O–H groups in total. The van der Waals surface area contributed by atoms with Gasteiger partial charge in [-0.3, -0.25) is 14.6 Å². The lowest BCUT2D eigenvalue weighted by atomic mass is 9.75. The number of aliphatic imine (C=N–C) groups is 1. The molecule has 3 aromatic carbocycles. The molecule has 0 spiro atoms. The Hall–Kier alpha value is -4.72. The molecule has 2 aliphatic rings. The minimum absolute atomic E-state index is 0.258. The van der Waals surface area contributed by atoms with Gasteiger partial charge in [0.05, 0.1) is 18.0 Å². The topological polar surface area (TPSA) is 123 Å². The van der Waals surface area contributed by atoms with Crippen LogP contribution in [0.5, 0.6) is 0 Å². The molecule has 228 valence electrons. The third-order valence-electron chi connectivity index (χ3n) is 8.45. The lowest BCUT2D eigenvalue weighted by Gasteiger charge is -2.40. The molecule has 0 bridgehead atoms. The summed E-state index contributed by atoms with van der Waals surface area (Å²) in [6.45, 7) is 2.07. The lowest BCUT2D eigenvalue weighted by Crippen LogP contribution is -2.61. The molecule has 5 rings (SSSR count). The molecule has 2 saturated carbocycles. The maximum atomic E-state index is 13.4. The molecule has 0 atom stereocenters. The summed E-state index contributed by atoms with van der Waals surface area (Å²) >= 11 is 0. The smallest absolute Gasteiger partial charge is 0.330 e. The fraction of sp³-hybridized carbons (Fsp3) is 0.333. The number of rotatable bonds is 10. The SMILES string of the molecule is CCOC(=O)C=Cc1ccc(NC(=O)C2(NC(=O)c3ccc(C(=Nc4ccccc4)C4CCCCC4)c(N)c3)CCC2)cc1. The maximum Gasteiger partial charge on any atom is 0.330 e. The molecule has 0 heterocycles. The lowest BCUT2D eigenvalue weighted by molar-refractivity contribution is -0.137. The van der Waals surface area contributed by atoms with E-state index in [1.165, 1.54) is 25.3 Å². The van der Waals surface area contributed by atoms with Gasteiger partial charge in [0.25, 0.3) is 5.91 Å². The molecule has 0 saturated heterocycles. The zero-order chi connectivity index (χ0) is 30.9. The van der Waals surface area contributed by atoms with Crippen LogP contribution < -0.4 is 16.4 Å². The summed E-state index contributed by atoms with van der Waals surface area (Å²) < 4.78 is 4.90. The van der Waals surface area contributed by atoms with Crippen molar-refractivity contribution < 1.29 is 19.1 Å². The van der Waals surface area contributed by atoms with Gasteiger partial charge in [0.1, 0.15) is 5.54 Å². The number of hydrogen-bond acceptors (Lipinski definition) is 6. The highest BCUT2D eigenvalue weighted by Crippen LogP contribution is 2.35. The van der Waals surface area contributed by atoms with E-state index < -0.39 is 11.5 Å². The van der Waals surface area contributed by atoms with Crippen LogP contribution >= 0.6 is 0 Å². The molecule has 2 fully saturated rings. The van der Waals surface area contributed by atoms with Crippen LogP contribution in [0.1, 0.15) is 79.8 Å². The fourth-order valence-electron chi connectivity index (χ4n) is 5.84. The highest BCUT2D eigenvalue weighted by atomic mass is 16.5. The number of benzene rings is 3. The van der Waals surface area contributed by atoms with Crippen molar-refractivity contribution >= 4 is 46.6 Å². The Bertz CT molecular complexity index is 1540. The quantitative estimate of drug-likeness (QED) is 0.103. The van der Waals surface area contributed by atoms with Crippen molar-refractivity contribution in [1.29, 1.82) is 0 Å². The standard InChI is InChI=1S/C36H40N4O4/c1-2-44-32(41)21-16-25-14-18-29(19-15-25)39-35(43)36(22-9-23-36)40-34(42)27-17-20-30(31(37)24-27)33(26-10-5-3-6-11-26)38-28-12-7-4-8-13-28/h4,7-8,12-21,24,26H,2-3,5-6,9-11,22-23,37H2,1H3,(H,39,43)(H,40,42). The number of carbonyl (C=O) groups excluding carboxylic acids is 3. The van der Waals surface area contributed by atoms with E-state index in [0.29, 0.717) is 42.3 Å². The Labute approximate surface area is 258 Å². The van der Waals surface area contributed by atoms with E-state index >= 15 is 0 Å². The van der Waals surface area contributed by atoms with Crippen molar-refractivity contribution in [3.05, 3.63) is 95.6 Å². The molecule has 8 nitrogen and oxygen atoms in total. The van der Waals surface area contributed by atoms with Crippen molar-refractivity contribution in [1.82, 2.24) is 5.32 Å². The summed E-state index contributed by atoms with van der Waals surface area (Å²) in [5, 5.41) is 5.94. The normalized spacial score (nSPS) is 16.6. The highest BCUT2D eigenvalue weighted by molar-refractivity contribution is 6.09. The second-order valence-corrected chi connectivity index (χ2v) is 11.5. The summed E-state index contributed by atoms with van der Waals surface area (Å²) in [5.41, 5.74) is 10.6. The molecule has 2 amide bonds. The van der Waals surface area contributed by atoms with Gasteiger partial charge < -0.3 is 21.1 Å². The number of nitrogens with one attached hydrogen (secondary N) is 2. The van der Waals surface area contributed by atoms with Crippen LogP contribution in [-0.2, 0) is 14.3 Å². The van der Waals surface area contributed by atoms with Gasteiger partial charge >= 0.3 is 5.97 Å². The molecular weight excluding hydrogens is 552 g/mol. The molecule has 3 aromatic rings. The molecule has 0 radical (unpaired) electrons. The zero-order valence-corrected chi connectivity index (χ0v) is 25.2. The van der Waals surface area contributed by atoms with Gasteiger partial charge in [-0.2, -0.15) is 0 Å². The average molecular weight is 593 g/mol. The number of nitrogens with zero attached hydrogens (tertiary/aromatic N) is 1. The van der Waals surface area contributed by atoms with E-state index in [-0.39, 0.29) is 11.8 Å². The summed E-state index contributed by atoms with van der Waals surface area (Å²) in [7, 11) is 0. The van der Waals surface area contributed by atoms with E-state index in [0.717, 1.165) is 41.8 Å². The number of esters is 1. The summed E-state index contributed by atoms with van der Waals surface area (Å²) in [6.07, 6.45) is 10.7. The minimum Gasteiger partial charge on any atom is -0.463 e. The van der Waals surface area contributed by atoms with Gasteiger partial charge in [-0.05, 0) is 87.1 Å². The zero-order valence-electron chi connectivity index (χ0n) is 25.2. The number of anilines is 2. The Morgan fingerprint density at radius 2 is 1.68 bits per heavy atom. The second kappa shape index (κ2) is 14.2. The second-order valence-electron chi connectivity index (χ2n) is 11.5. The number of ether oxygens (including phenoxy) is 1. The Balaban J connectivity index is 1.28. The third kappa shape index (κ3) is 7.43. The number of nitrogens with two attached hydrogens (primary N) is 1. The maximum absolute atomic E-state index is 13.4. The average Bonchev–Trinajstić information content (AvgIpc) is 3.02. The van der Waals surface area contributed by atoms with Crippen LogP contribution in [0.3, 0.4) is 0 Å². The Morgan fingerprint density at radius 3 is 2.32 bits per heavy atom. The summed E-state index contributed by atoms with van der Waals surface area (Å²) in [5.74, 6) is -0.688. The Kier molecular flexibility index (Phi) is 9.89. The predicted molar refractivity (Wildman–Crippen MR) is 175 cm³/mol. The van der Waals surface area contributed by atoms with Crippen LogP contribution in [0.15, 0.2) is 83.9 Å². The molecule has 0 aromatic heterocycles. The number of nitrogen functional groups attached to an aromatic ring is 1. The monoisotopic (exact) mass is 592 g/mol. The van der Waals surface area contributed by atoms with E-state index in [9.17, 15) is 14.4 Å². The third-order valence-corrected chi connectivity index (χ3v) is 8.45. The van der Waals surface area contributed by atoms with Crippen LogP contribution in [-0.4, -0.2) is 35.6 Å².